The zero-order chi connectivity index (χ0) is 9.97. The average molecular weight is 192 g/mol. The lowest BCUT2D eigenvalue weighted by molar-refractivity contribution is 0.472. The van der Waals surface area contributed by atoms with Gasteiger partial charge in [0.05, 0.1) is 0 Å². The van der Waals surface area contributed by atoms with E-state index >= 15 is 0 Å². The molecule has 4 heteroatoms. The number of hydrazine groups is 1. The molecule has 14 heavy (non-hydrogen) atoms. The molecule has 0 aromatic carbocycles. The summed E-state index contributed by atoms with van der Waals surface area (Å²) in [6.07, 6.45) is 5.25. The van der Waals surface area contributed by atoms with Crippen molar-refractivity contribution < 1.29 is 0 Å². The summed E-state index contributed by atoms with van der Waals surface area (Å²) >= 11 is 0. The van der Waals surface area contributed by atoms with Gasteiger partial charge in [-0.3, -0.25) is 11.3 Å². The van der Waals surface area contributed by atoms with Gasteiger partial charge in [-0.2, -0.15) is 0 Å². The molecule has 76 valence electrons. The Hall–Kier alpha value is -1.13. The molecule has 1 saturated carbocycles. The summed E-state index contributed by atoms with van der Waals surface area (Å²) in [6, 6.07) is 4.28. The topological polar surface area (TPSA) is 77.0 Å². The van der Waals surface area contributed by atoms with Crippen molar-refractivity contribution in [2.45, 2.75) is 25.3 Å². The van der Waals surface area contributed by atoms with Gasteiger partial charge >= 0.3 is 0 Å². The molecule has 0 spiro atoms. The molecule has 1 aliphatic carbocycles. The second-order valence-electron chi connectivity index (χ2n) is 3.90. The molecule has 2 rings (SSSR count). The Morgan fingerprint density at radius 1 is 1.57 bits per heavy atom. The molecule has 4 nitrogen and oxygen atoms in total. The van der Waals surface area contributed by atoms with E-state index in [1.54, 1.807) is 6.20 Å². The van der Waals surface area contributed by atoms with Gasteiger partial charge < -0.3 is 5.73 Å². The monoisotopic (exact) mass is 192 g/mol. The number of nitrogens with two attached hydrogens (primary N) is 2. The van der Waals surface area contributed by atoms with Crippen molar-refractivity contribution in [1.29, 1.82) is 0 Å². The van der Waals surface area contributed by atoms with Gasteiger partial charge in [-0.1, -0.05) is 0 Å². The third-order valence-corrected chi connectivity index (χ3v) is 2.71. The Labute approximate surface area is 83.7 Å². The minimum atomic E-state index is 0.386. The van der Waals surface area contributed by atoms with Crippen LogP contribution in [0.5, 0.6) is 0 Å². The summed E-state index contributed by atoms with van der Waals surface area (Å²) in [6.45, 7) is 0. The summed E-state index contributed by atoms with van der Waals surface area (Å²) in [5.41, 5.74) is 9.68. The molecule has 1 unspecified atom stereocenters. The number of anilines is 1. The van der Waals surface area contributed by atoms with Crippen LogP contribution >= 0.6 is 0 Å². The molecule has 1 fully saturated rings. The normalized spacial score (nSPS) is 18.1. The van der Waals surface area contributed by atoms with E-state index < -0.39 is 0 Å². The predicted octanol–water partition coefficient (Wildman–Crippen LogP) is 0.448. The van der Waals surface area contributed by atoms with Gasteiger partial charge in [-0.25, -0.2) is 4.98 Å². The van der Waals surface area contributed by atoms with Crippen molar-refractivity contribution in [2.75, 3.05) is 5.73 Å². The third-order valence-electron chi connectivity index (χ3n) is 2.71. The lowest BCUT2D eigenvalue weighted by Gasteiger charge is -2.14. The van der Waals surface area contributed by atoms with Crippen molar-refractivity contribution >= 4 is 5.82 Å². The van der Waals surface area contributed by atoms with Crippen LogP contribution in [0, 0.1) is 5.92 Å². The van der Waals surface area contributed by atoms with Crippen LogP contribution in [0.15, 0.2) is 18.3 Å². The van der Waals surface area contributed by atoms with Crippen molar-refractivity contribution in [1.82, 2.24) is 10.4 Å². The molecular weight excluding hydrogens is 176 g/mol. The Morgan fingerprint density at radius 2 is 2.36 bits per heavy atom. The van der Waals surface area contributed by atoms with E-state index in [-0.39, 0.29) is 0 Å². The van der Waals surface area contributed by atoms with Crippen LogP contribution in [0.2, 0.25) is 0 Å². The summed E-state index contributed by atoms with van der Waals surface area (Å²) < 4.78 is 0. The van der Waals surface area contributed by atoms with Crippen LogP contribution in [0.25, 0.3) is 0 Å². The first-order chi connectivity index (χ1) is 6.79. The largest absolute Gasteiger partial charge is 0.384 e. The van der Waals surface area contributed by atoms with E-state index in [1.807, 2.05) is 12.1 Å². The molecule has 1 aromatic heterocycles. The van der Waals surface area contributed by atoms with E-state index in [9.17, 15) is 0 Å². The Kier molecular flexibility index (Phi) is 2.65. The minimum Gasteiger partial charge on any atom is -0.384 e. The number of aromatic nitrogens is 1. The lowest BCUT2D eigenvalue weighted by atomic mass is 10.0. The van der Waals surface area contributed by atoms with Crippen molar-refractivity contribution in [2.24, 2.45) is 11.8 Å². The fourth-order valence-corrected chi connectivity index (χ4v) is 1.74. The first-order valence-corrected chi connectivity index (χ1v) is 4.96. The van der Waals surface area contributed by atoms with Gasteiger partial charge in [-0.05, 0) is 42.9 Å². The van der Waals surface area contributed by atoms with Crippen molar-refractivity contribution in [3.05, 3.63) is 23.9 Å². The first-order valence-electron chi connectivity index (χ1n) is 4.96. The van der Waals surface area contributed by atoms with Crippen LogP contribution in [-0.2, 0) is 6.42 Å². The molecule has 0 radical (unpaired) electrons. The van der Waals surface area contributed by atoms with Crippen LogP contribution in [0.4, 0.5) is 5.82 Å². The lowest BCUT2D eigenvalue weighted by Crippen LogP contribution is -2.38. The molecule has 0 aliphatic heterocycles. The first kappa shape index (κ1) is 9.43. The van der Waals surface area contributed by atoms with Gasteiger partial charge in [0.15, 0.2) is 0 Å². The maximum atomic E-state index is 5.60. The number of nitrogens with zero attached hydrogens (tertiary/aromatic N) is 1. The standard InChI is InChI=1S/C10H16N4/c11-10-6-7(3-4-13-10)5-9(14-12)8-1-2-8/h3-4,6,8-9,14H,1-2,5,12H2,(H2,11,13). The number of hydrogen-bond donors (Lipinski definition) is 3. The van der Waals surface area contributed by atoms with E-state index in [1.165, 1.54) is 18.4 Å². The van der Waals surface area contributed by atoms with E-state index in [2.05, 4.69) is 10.4 Å². The van der Waals surface area contributed by atoms with Gasteiger partial charge in [-0.15, -0.1) is 0 Å². The van der Waals surface area contributed by atoms with Gasteiger partial charge in [0, 0.05) is 12.2 Å². The van der Waals surface area contributed by atoms with Gasteiger partial charge in [0.2, 0.25) is 0 Å². The molecule has 1 heterocycles. The quantitative estimate of drug-likeness (QED) is 0.478. The fourth-order valence-electron chi connectivity index (χ4n) is 1.74. The number of nitrogens with one attached hydrogen (secondary N) is 1. The molecular formula is C10H16N4. The molecule has 0 bridgehead atoms. The second-order valence-corrected chi connectivity index (χ2v) is 3.90. The smallest absolute Gasteiger partial charge is 0.123 e. The molecule has 1 aliphatic rings. The van der Waals surface area contributed by atoms with Crippen LogP contribution in [0.3, 0.4) is 0 Å². The predicted molar refractivity (Wildman–Crippen MR) is 56.2 cm³/mol. The number of rotatable bonds is 4. The number of nitrogen functional groups attached to an aromatic ring is 1. The summed E-state index contributed by atoms with van der Waals surface area (Å²) in [5, 5.41) is 0. The van der Waals surface area contributed by atoms with Crippen LogP contribution < -0.4 is 17.0 Å². The fraction of sp³-hybridized carbons (Fsp3) is 0.500. The average Bonchev–Trinajstić information content (AvgIpc) is 2.97. The minimum absolute atomic E-state index is 0.386. The molecule has 0 amide bonds. The SMILES string of the molecule is NNC(Cc1ccnc(N)c1)C1CC1. The highest BCUT2D eigenvalue weighted by atomic mass is 15.2. The Balaban J connectivity index is 2.01. The highest BCUT2D eigenvalue weighted by molar-refractivity contribution is 5.32. The number of hydrogen-bond acceptors (Lipinski definition) is 4. The highest BCUT2D eigenvalue weighted by Gasteiger charge is 2.30. The maximum Gasteiger partial charge on any atom is 0.123 e. The number of pyridine rings is 1. The zero-order valence-corrected chi connectivity index (χ0v) is 8.11. The molecule has 1 atom stereocenters. The third kappa shape index (κ3) is 2.21. The van der Waals surface area contributed by atoms with Gasteiger partial charge in [0.25, 0.3) is 0 Å². The van der Waals surface area contributed by atoms with E-state index in [0.29, 0.717) is 11.9 Å². The van der Waals surface area contributed by atoms with Crippen LogP contribution in [0.1, 0.15) is 18.4 Å². The van der Waals surface area contributed by atoms with E-state index in [0.717, 1.165) is 12.3 Å². The van der Waals surface area contributed by atoms with Crippen LogP contribution in [-0.4, -0.2) is 11.0 Å². The zero-order valence-electron chi connectivity index (χ0n) is 8.11. The Bertz CT molecular complexity index is 309. The molecule has 1 aromatic rings. The summed E-state index contributed by atoms with van der Waals surface area (Å²) in [4.78, 5) is 3.96. The highest BCUT2D eigenvalue weighted by Crippen LogP contribution is 2.33. The summed E-state index contributed by atoms with van der Waals surface area (Å²) in [5.74, 6) is 6.83. The maximum absolute atomic E-state index is 5.60. The van der Waals surface area contributed by atoms with E-state index in [4.69, 9.17) is 11.6 Å². The van der Waals surface area contributed by atoms with Crippen molar-refractivity contribution in [3.63, 3.8) is 0 Å². The summed E-state index contributed by atoms with van der Waals surface area (Å²) in [7, 11) is 0. The Morgan fingerprint density at radius 3 is 2.93 bits per heavy atom. The molecule has 5 N–H and O–H groups in total. The van der Waals surface area contributed by atoms with Crippen molar-refractivity contribution in [3.8, 4) is 0 Å². The molecule has 0 saturated heterocycles. The van der Waals surface area contributed by atoms with Gasteiger partial charge in [0.1, 0.15) is 5.82 Å². The second kappa shape index (κ2) is 3.94.